The van der Waals surface area contributed by atoms with Crippen LogP contribution >= 0.6 is 0 Å². The average Bonchev–Trinajstić information content (AvgIpc) is 3.03. The van der Waals surface area contributed by atoms with E-state index in [1.807, 2.05) is 26.0 Å². The number of allylic oxidation sites excluding steroid dienone is 1. The van der Waals surface area contributed by atoms with E-state index in [-0.39, 0.29) is 36.2 Å². The van der Waals surface area contributed by atoms with Crippen LogP contribution in [0, 0.1) is 23.7 Å². The van der Waals surface area contributed by atoms with Gasteiger partial charge in [-0.2, -0.15) is 0 Å². The van der Waals surface area contributed by atoms with Crippen LogP contribution in [0.15, 0.2) is 12.2 Å². The first-order chi connectivity index (χ1) is 10.5. The van der Waals surface area contributed by atoms with Gasteiger partial charge < -0.3 is 18.9 Å². The molecule has 0 bridgehead atoms. The molecular formula is C16H22O6. The highest BCUT2D eigenvalue weighted by Crippen LogP contribution is 2.44. The van der Waals surface area contributed by atoms with Crippen LogP contribution in [0.2, 0.25) is 0 Å². The Balaban J connectivity index is 1.83. The summed E-state index contributed by atoms with van der Waals surface area (Å²) < 4.78 is 21.8. The number of hydrogen-bond acceptors (Lipinski definition) is 6. The molecule has 6 heteroatoms. The van der Waals surface area contributed by atoms with Crippen LogP contribution in [0.5, 0.6) is 0 Å². The van der Waals surface area contributed by atoms with Crippen LogP contribution in [0.25, 0.3) is 0 Å². The fourth-order valence-electron chi connectivity index (χ4n) is 3.67. The van der Waals surface area contributed by atoms with E-state index in [1.165, 1.54) is 0 Å². The highest BCUT2D eigenvalue weighted by Gasteiger charge is 2.56. The summed E-state index contributed by atoms with van der Waals surface area (Å²) >= 11 is 0. The van der Waals surface area contributed by atoms with Gasteiger partial charge in [0, 0.05) is 5.92 Å². The molecule has 2 heterocycles. The minimum atomic E-state index is -0.497. The second kappa shape index (κ2) is 6.01. The van der Waals surface area contributed by atoms with Crippen molar-refractivity contribution in [3.05, 3.63) is 12.2 Å². The smallest absolute Gasteiger partial charge is 0.310 e. The van der Waals surface area contributed by atoms with Crippen molar-refractivity contribution < 1.29 is 28.5 Å². The van der Waals surface area contributed by atoms with E-state index in [0.717, 1.165) is 0 Å². The molecule has 1 aliphatic carbocycles. The van der Waals surface area contributed by atoms with Gasteiger partial charge in [0.05, 0.1) is 25.0 Å². The van der Waals surface area contributed by atoms with Crippen LogP contribution in [-0.4, -0.2) is 43.7 Å². The summed E-state index contributed by atoms with van der Waals surface area (Å²) in [5.74, 6) is -1.88. The first-order valence-corrected chi connectivity index (χ1v) is 7.85. The molecule has 3 rings (SSSR count). The van der Waals surface area contributed by atoms with Gasteiger partial charge in [0.15, 0.2) is 6.29 Å². The Hall–Kier alpha value is -1.40. The van der Waals surface area contributed by atoms with Crippen LogP contribution in [-0.2, 0) is 28.5 Å². The van der Waals surface area contributed by atoms with Crippen molar-refractivity contribution in [2.75, 3.05) is 13.2 Å². The number of ether oxygens (including phenoxy) is 4. The molecule has 0 aromatic carbocycles. The highest BCUT2D eigenvalue weighted by molar-refractivity contribution is 5.85. The Bertz CT molecular complexity index is 487. The van der Waals surface area contributed by atoms with Crippen LogP contribution in [0.1, 0.15) is 20.8 Å². The number of carbonyl (C=O) groups is 2. The predicted molar refractivity (Wildman–Crippen MR) is 75.6 cm³/mol. The van der Waals surface area contributed by atoms with Crippen LogP contribution in [0.3, 0.4) is 0 Å². The monoisotopic (exact) mass is 310 g/mol. The minimum absolute atomic E-state index is 0.0497. The molecule has 0 aromatic heterocycles. The zero-order valence-corrected chi connectivity index (χ0v) is 13.1. The van der Waals surface area contributed by atoms with Crippen LogP contribution < -0.4 is 0 Å². The first kappa shape index (κ1) is 15.5. The van der Waals surface area contributed by atoms with E-state index in [1.54, 1.807) is 6.92 Å². The molecule has 0 amide bonds. The SMILES string of the molecule is CCOC(=O)[C@H]1[C@@H]2C(=O)O[C@H]([C@H]3CO[C@@H](C)O3)[C@@H]2C=C[C@H]1C. The van der Waals surface area contributed by atoms with E-state index in [4.69, 9.17) is 18.9 Å². The van der Waals surface area contributed by atoms with E-state index in [0.29, 0.717) is 13.2 Å². The summed E-state index contributed by atoms with van der Waals surface area (Å²) in [5.41, 5.74) is 0. The van der Waals surface area contributed by atoms with Gasteiger partial charge in [-0.25, -0.2) is 0 Å². The van der Waals surface area contributed by atoms with Gasteiger partial charge in [0.1, 0.15) is 12.2 Å². The van der Waals surface area contributed by atoms with Crippen molar-refractivity contribution in [1.29, 1.82) is 0 Å². The van der Waals surface area contributed by atoms with Crippen molar-refractivity contribution in [2.24, 2.45) is 23.7 Å². The molecule has 2 saturated heterocycles. The summed E-state index contributed by atoms with van der Waals surface area (Å²) in [6.07, 6.45) is 2.97. The summed E-state index contributed by atoms with van der Waals surface area (Å²) in [4.78, 5) is 24.6. The molecule has 0 saturated carbocycles. The lowest BCUT2D eigenvalue weighted by Gasteiger charge is -2.31. The summed E-state index contributed by atoms with van der Waals surface area (Å²) in [7, 11) is 0. The lowest BCUT2D eigenvalue weighted by atomic mass is 9.70. The number of fused-ring (bicyclic) bond motifs is 1. The molecule has 7 atom stereocenters. The predicted octanol–water partition coefficient (Wildman–Crippen LogP) is 1.29. The maximum atomic E-state index is 12.4. The molecule has 2 aliphatic heterocycles. The van der Waals surface area contributed by atoms with Crippen molar-refractivity contribution in [2.45, 2.75) is 39.3 Å². The molecule has 6 nitrogen and oxygen atoms in total. The van der Waals surface area contributed by atoms with Gasteiger partial charge in [-0.05, 0) is 19.8 Å². The summed E-state index contributed by atoms with van der Waals surface area (Å²) in [5, 5.41) is 0. The third-order valence-corrected chi connectivity index (χ3v) is 4.70. The van der Waals surface area contributed by atoms with Gasteiger partial charge in [-0.15, -0.1) is 0 Å². The molecular weight excluding hydrogens is 288 g/mol. The number of cyclic esters (lactones) is 1. The quantitative estimate of drug-likeness (QED) is 0.578. The van der Waals surface area contributed by atoms with E-state index in [2.05, 4.69) is 0 Å². The fourth-order valence-corrected chi connectivity index (χ4v) is 3.67. The summed E-state index contributed by atoms with van der Waals surface area (Å²) in [6.45, 7) is 6.20. The molecule has 0 spiro atoms. The Morgan fingerprint density at radius 1 is 1.36 bits per heavy atom. The van der Waals surface area contributed by atoms with Crippen LogP contribution in [0.4, 0.5) is 0 Å². The van der Waals surface area contributed by atoms with E-state index < -0.39 is 17.9 Å². The second-order valence-electron chi connectivity index (χ2n) is 6.10. The van der Waals surface area contributed by atoms with Crippen molar-refractivity contribution in [1.82, 2.24) is 0 Å². The molecule has 0 N–H and O–H groups in total. The maximum Gasteiger partial charge on any atom is 0.310 e. The minimum Gasteiger partial charge on any atom is -0.466 e. The average molecular weight is 310 g/mol. The second-order valence-corrected chi connectivity index (χ2v) is 6.10. The Kier molecular flexibility index (Phi) is 4.23. The fraction of sp³-hybridized carbons (Fsp3) is 0.750. The zero-order valence-electron chi connectivity index (χ0n) is 13.1. The first-order valence-electron chi connectivity index (χ1n) is 7.85. The molecule has 0 radical (unpaired) electrons. The highest BCUT2D eigenvalue weighted by atomic mass is 16.7. The molecule has 0 unspecified atom stereocenters. The lowest BCUT2D eigenvalue weighted by molar-refractivity contribution is -0.159. The maximum absolute atomic E-state index is 12.4. The Labute approximate surface area is 129 Å². The Morgan fingerprint density at radius 2 is 2.14 bits per heavy atom. The molecule has 2 fully saturated rings. The van der Waals surface area contributed by atoms with E-state index in [9.17, 15) is 9.59 Å². The zero-order chi connectivity index (χ0) is 15.9. The number of rotatable bonds is 3. The number of hydrogen-bond donors (Lipinski definition) is 0. The van der Waals surface area contributed by atoms with Gasteiger partial charge in [0.25, 0.3) is 0 Å². The molecule has 22 heavy (non-hydrogen) atoms. The van der Waals surface area contributed by atoms with Gasteiger partial charge >= 0.3 is 11.9 Å². The van der Waals surface area contributed by atoms with Gasteiger partial charge in [-0.1, -0.05) is 19.1 Å². The lowest BCUT2D eigenvalue weighted by Crippen LogP contribution is -2.41. The van der Waals surface area contributed by atoms with Gasteiger partial charge in [-0.3, -0.25) is 9.59 Å². The number of carbonyl (C=O) groups excluding carboxylic acids is 2. The third kappa shape index (κ3) is 2.54. The van der Waals surface area contributed by atoms with Gasteiger partial charge in [0.2, 0.25) is 0 Å². The standard InChI is InChI=1S/C16H22O6/c1-4-19-15(17)12-8(2)5-6-10-13(12)16(18)22-14(10)11-7-20-9(3)21-11/h5-6,8-14H,4,7H2,1-3H3/t8-,9-,10-,11-,12-,13-,14+/m1/s1. The van der Waals surface area contributed by atoms with Crippen molar-refractivity contribution >= 4 is 11.9 Å². The largest absolute Gasteiger partial charge is 0.466 e. The molecule has 3 aliphatic rings. The summed E-state index contributed by atoms with van der Waals surface area (Å²) in [6, 6.07) is 0. The molecule has 122 valence electrons. The normalized spacial score (nSPS) is 43.8. The number of esters is 2. The van der Waals surface area contributed by atoms with Crippen molar-refractivity contribution in [3.63, 3.8) is 0 Å². The Morgan fingerprint density at radius 3 is 2.77 bits per heavy atom. The van der Waals surface area contributed by atoms with Crippen molar-refractivity contribution in [3.8, 4) is 0 Å². The van der Waals surface area contributed by atoms with E-state index >= 15 is 0 Å². The third-order valence-electron chi connectivity index (χ3n) is 4.70. The topological polar surface area (TPSA) is 71.1 Å². The molecule has 0 aromatic rings.